The number of halogens is 1. The molecular formula is C12H10BBrS2. The van der Waals surface area contributed by atoms with Gasteiger partial charge in [0.1, 0.15) is 7.85 Å². The van der Waals surface area contributed by atoms with Crippen LogP contribution in [0.3, 0.4) is 0 Å². The first kappa shape index (κ1) is 11.1. The van der Waals surface area contributed by atoms with E-state index in [-0.39, 0.29) is 0 Å². The highest BCUT2D eigenvalue weighted by Crippen LogP contribution is 2.53. The smallest absolute Gasteiger partial charge is 0.0880 e. The lowest BCUT2D eigenvalue weighted by atomic mass is 9.96. The molecule has 0 unspecified atom stereocenters. The van der Waals surface area contributed by atoms with Crippen LogP contribution in [-0.4, -0.2) is 7.85 Å². The van der Waals surface area contributed by atoms with Gasteiger partial charge in [-0.15, -0.1) is 0 Å². The van der Waals surface area contributed by atoms with Crippen molar-refractivity contribution in [2.45, 2.75) is 22.6 Å². The third-order valence-electron chi connectivity index (χ3n) is 2.76. The van der Waals surface area contributed by atoms with Crippen LogP contribution in [0.25, 0.3) is 0 Å². The molecule has 1 aromatic carbocycles. The van der Waals surface area contributed by atoms with Crippen molar-refractivity contribution in [2.75, 3.05) is 0 Å². The van der Waals surface area contributed by atoms with Crippen LogP contribution in [0.1, 0.15) is 12.8 Å². The largest absolute Gasteiger partial charge is 0.140 e. The summed E-state index contributed by atoms with van der Waals surface area (Å²) in [5.74, 6) is 0. The molecule has 0 bridgehead atoms. The number of fused-ring (bicyclic) bond motifs is 2. The van der Waals surface area contributed by atoms with E-state index in [0.29, 0.717) is 0 Å². The van der Waals surface area contributed by atoms with Crippen molar-refractivity contribution in [3.05, 3.63) is 38.6 Å². The Morgan fingerprint density at radius 1 is 1.25 bits per heavy atom. The van der Waals surface area contributed by atoms with E-state index >= 15 is 0 Å². The fraction of sp³-hybridized carbons (Fsp3) is 0.167. The topological polar surface area (TPSA) is 0 Å². The predicted molar refractivity (Wildman–Crippen MR) is 79.6 cm³/mol. The first-order valence-corrected chi connectivity index (χ1v) is 7.73. The van der Waals surface area contributed by atoms with Crippen molar-refractivity contribution < 1.29 is 0 Å². The van der Waals surface area contributed by atoms with Gasteiger partial charge < -0.3 is 0 Å². The summed E-state index contributed by atoms with van der Waals surface area (Å²) in [7, 11) is 2.19. The van der Waals surface area contributed by atoms with E-state index in [0.717, 1.165) is 12.8 Å². The highest BCUT2D eigenvalue weighted by molar-refractivity contribution is 9.11. The molecule has 0 amide bonds. The second-order valence-corrected chi connectivity index (χ2v) is 7.01. The number of rotatable bonds is 0. The molecule has 0 aromatic heterocycles. The van der Waals surface area contributed by atoms with Crippen LogP contribution in [0.4, 0.5) is 0 Å². The standard InChI is InChI=1S/C12H10BBrS2/c13-7-3-1-5-9-11(7)16-12-8(14)4-2-6-10(12)15-9/h1,3,5-6H,2,4,13H2. The zero-order valence-electron chi connectivity index (χ0n) is 8.92. The van der Waals surface area contributed by atoms with Crippen LogP contribution >= 0.6 is 39.5 Å². The van der Waals surface area contributed by atoms with E-state index in [1.165, 1.54) is 29.5 Å². The molecule has 0 spiro atoms. The Bertz CT molecular complexity index is 520. The molecule has 80 valence electrons. The first-order valence-electron chi connectivity index (χ1n) is 5.30. The Balaban J connectivity index is 2.14. The van der Waals surface area contributed by atoms with Crippen LogP contribution in [0.5, 0.6) is 0 Å². The highest BCUT2D eigenvalue weighted by atomic mass is 79.9. The van der Waals surface area contributed by atoms with Gasteiger partial charge in [-0.2, -0.15) is 0 Å². The lowest BCUT2D eigenvalue weighted by molar-refractivity contribution is 1.01. The van der Waals surface area contributed by atoms with E-state index in [4.69, 9.17) is 0 Å². The van der Waals surface area contributed by atoms with E-state index in [1.54, 1.807) is 0 Å². The summed E-state index contributed by atoms with van der Waals surface area (Å²) in [4.78, 5) is 5.69. The maximum atomic E-state index is 3.71. The van der Waals surface area contributed by atoms with Crippen molar-refractivity contribution >= 4 is 52.8 Å². The van der Waals surface area contributed by atoms with E-state index in [1.807, 2.05) is 23.5 Å². The Morgan fingerprint density at radius 3 is 3.00 bits per heavy atom. The number of hydrogen-bond donors (Lipinski definition) is 0. The Morgan fingerprint density at radius 2 is 2.12 bits per heavy atom. The summed E-state index contributed by atoms with van der Waals surface area (Å²) in [6, 6.07) is 6.56. The normalized spacial score (nSPS) is 18.9. The molecule has 0 radical (unpaired) electrons. The van der Waals surface area contributed by atoms with Gasteiger partial charge in [0.2, 0.25) is 0 Å². The molecule has 4 heteroatoms. The molecule has 2 aliphatic rings. The maximum absolute atomic E-state index is 3.71. The Hall–Kier alpha value is -0.0551. The van der Waals surface area contributed by atoms with Crippen molar-refractivity contribution in [3.63, 3.8) is 0 Å². The minimum Gasteiger partial charge on any atom is -0.0880 e. The van der Waals surface area contributed by atoms with Gasteiger partial charge in [0.15, 0.2) is 0 Å². The first-order chi connectivity index (χ1) is 7.75. The van der Waals surface area contributed by atoms with E-state index in [9.17, 15) is 0 Å². The van der Waals surface area contributed by atoms with Gasteiger partial charge in [0, 0.05) is 24.1 Å². The number of allylic oxidation sites excluding steroid dienone is 2. The van der Waals surface area contributed by atoms with Gasteiger partial charge in [-0.1, -0.05) is 63.1 Å². The molecular weight excluding hydrogens is 299 g/mol. The fourth-order valence-corrected chi connectivity index (χ4v) is 5.29. The van der Waals surface area contributed by atoms with Gasteiger partial charge in [-0.25, -0.2) is 0 Å². The molecule has 0 atom stereocenters. The van der Waals surface area contributed by atoms with Crippen molar-refractivity contribution in [1.82, 2.24) is 0 Å². The van der Waals surface area contributed by atoms with Crippen molar-refractivity contribution in [3.8, 4) is 0 Å². The minimum absolute atomic E-state index is 1.15. The molecule has 16 heavy (non-hydrogen) atoms. The number of hydrogen-bond acceptors (Lipinski definition) is 2. The molecule has 1 heterocycles. The zero-order valence-corrected chi connectivity index (χ0v) is 12.1. The summed E-state index contributed by atoms with van der Waals surface area (Å²) in [6.07, 6.45) is 4.67. The van der Waals surface area contributed by atoms with Gasteiger partial charge in [-0.3, -0.25) is 0 Å². The summed E-state index contributed by atoms with van der Waals surface area (Å²) < 4.78 is 1.37. The van der Waals surface area contributed by atoms with Crippen LogP contribution in [0, 0.1) is 0 Å². The monoisotopic (exact) mass is 308 g/mol. The summed E-state index contributed by atoms with van der Waals surface area (Å²) >= 11 is 7.54. The average Bonchev–Trinajstić information content (AvgIpc) is 2.28. The average molecular weight is 309 g/mol. The quantitative estimate of drug-likeness (QED) is 0.674. The number of benzene rings is 1. The third-order valence-corrected chi connectivity index (χ3v) is 6.64. The second-order valence-electron chi connectivity index (χ2n) is 3.95. The van der Waals surface area contributed by atoms with Crippen LogP contribution in [-0.2, 0) is 0 Å². The molecule has 0 N–H and O–H groups in total. The van der Waals surface area contributed by atoms with Crippen LogP contribution < -0.4 is 5.46 Å². The molecule has 0 nitrogen and oxygen atoms in total. The molecule has 0 fully saturated rings. The van der Waals surface area contributed by atoms with Crippen molar-refractivity contribution in [2.24, 2.45) is 0 Å². The SMILES string of the molecule is Bc1cccc2c1SC1=C(Br)CCC=C1S2. The lowest BCUT2D eigenvalue weighted by Crippen LogP contribution is -2.10. The Labute approximate surface area is 113 Å². The summed E-state index contributed by atoms with van der Waals surface area (Å²) in [5, 5.41) is 0. The zero-order chi connectivity index (χ0) is 11.1. The molecule has 0 saturated carbocycles. The minimum atomic E-state index is 1.15. The molecule has 3 rings (SSSR count). The highest BCUT2D eigenvalue weighted by Gasteiger charge is 2.24. The molecule has 1 aromatic rings. The van der Waals surface area contributed by atoms with Crippen LogP contribution in [0.2, 0.25) is 0 Å². The number of thioether (sulfide) groups is 2. The summed E-state index contributed by atoms with van der Waals surface area (Å²) in [6.45, 7) is 0. The predicted octanol–water partition coefficient (Wildman–Crippen LogP) is 3.43. The Kier molecular flexibility index (Phi) is 2.98. The fourth-order valence-electron chi connectivity index (χ4n) is 1.92. The molecule has 1 aliphatic carbocycles. The molecule has 1 aliphatic heterocycles. The van der Waals surface area contributed by atoms with E-state index < -0.39 is 0 Å². The van der Waals surface area contributed by atoms with Gasteiger partial charge in [0.05, 0.1) is 0 Å². The summed E-state index contributed by atoms with van der Waals surface area (Å²) in [5.41, 5.74) is 1.38. The van der Waals surface area contributed by atoms with Gasteiger partial charge >= 0.3 is 0 Å². The maximum Gasteiger partial charge on any atom is 0.140 e. The second kappa shape index (κ2) is 4.32. The van der Waals surface area contributed by atoms with Crippen LogP contribution in [0.15, 0.2) is 48.4 Å². The van der Waals surface area contributed by atoms with E-state index in [2.05, 4.69) is 48.1 Å². The van der Waals surface area contributed by atoms with Crippen molar-refractivity contribution in [1.29, 1.82) is 0 Å². The molecule has 0 saturated heterocycles. The third kappa shape index (κ3) is 1.81. The lowest BCUT2D eigenvalue weighted by Gasteiger charge is -2.25. The van der Waals surface area contributed by atoms with Gasteiger partial charge in [-0.05, 0) is 18.9 Å². The van der Waals surface area contributed by atoms with Gasteiger partial charge in [0.25, 0.3) is 0 Å².